The third-order valence-electron chi connectivity index (χ3n) is 3.10. The summed E-state index contributed by atoms with van der Waals surface area (Å²) in [5.74, 6) is 0.939. The van der Waals surface area contributed by atoms with Crippen molar-refractivity contribution in [2.75, 3.05) is 18.2 Å². The highest BCUT2D eigenvalue weighted by atomic mass is 16.5. The van der Waals surface area contributed by atoms with Gasteiger partial charge in [0.2, 0.25) is 0 Å². The van der Waals surface area contributed by atoms with Crippen molar-refractivity contribution < 1.29 is 4.74 Å². The summed E-state index contributed by atoms with van der Waals surface area (Å²) < 4.78 is 5.13. The third-order valence-corrected chi connectivity index (χ3v) is 3.10. The van der Waals surface area contributed by atoms with Gasteiger partial charge >= 0.3 is 0 Å². The highest BCUT2D eigenvalue weighted by Crippen LogP contribution is 2.23. The Hall–Kier alpha value is -2.66. The van der Waals surface area contributed by atoms with Crippen LogP contribution in [0.5, 0.6) is 0 Å². The van der Waals surface area contributed by atoms with Crippen LogP contribution in [0, 0.1) is 0 Å². The van der Waals surface area contributed by atoms with E-state index in [-0.39, 0.29) is 0 Å². The maximum Gasteiger partial charge on any atom is 0.174 e. The highest BCUT2D eigenvalue weighted by Gasteiger charge is 2.06. The number of fused-ring (bicyclic) bond motifs is 1. The Bertz CT molecular complexity index is 773. The number of aromatic nitrogens is 2. The molecule has 5 nitrogen and oxygen atoms in total. The average Bonchev–Trinajstić information content (AvgIpc) is 2.49. The van der Waals surface area contributed by atoms with E-state index in [2.05, 4.69) is 15.3 Å². The Morgan fingerprint density at radius 1 is 1.05 bits per heavy atom. The maximum absolute atomic E-state index is 5.97. The zero-order valence-electron chi connectivity index (χ0n) is 11.7. The van der Waals surface area contributed by atoms with E-state index in [0.717, 1.165) is 22.3 Å². The maximum atomic E-state index is 5.97. The first-order valence-electron chi connectivity index (χ1n) is 6.63. The van der Waals surface area contributed by atoms with E-state index >= 15 is 0 Å². The van der Waals surface area contributed by atoms with Crippen molar-refractivity contribution in [3.05, 3.63) is 54.1 Å². The summed E-state index contributed by atoms with van der Waals surface area (Å²) >= 11 is 0. The molecular formula is C16H16N4O. The van der Waals surface area contributed by atoms with Gasteiger partial charge in [-0.3, -0.25) is 0 Å². The molecule has 3 rings (SSSR count). The summed E-state index contributed by atoms with van der Waals surface area (Å²) in [7, 11) is 1.67. The van der Waals surface area contributed by atoms with Gasteiger partial charge in [-0.1, -0.05) is 24.3 Å². The summed E-state index contributed by atoms with van der Waals surface area (Å²) in [6.45, 7) is 0.564. The molecule has 0 aliphatic heterocycles. The van der Waals surface area contributed by atoms with Crippen molar-refractivity contribution >= 4 is 28.4 Å². The van der Waals surface area contributed by atoms with E-state index in [1.807, 2.05) is 48.5 Å². The van der Waals surface area contributed by atoms with Crippen LogP contribution in [0.1, 0.15) is 5.56 Å². The highest BCUT2D eigenvalue weighted by molar-refractivity contribution is 5.80. The number of nitrogens with one attached hydrogen (secondary N) is 1. The quantitative estimate of drug-likeness (QED) is 0.768. The molecule has 0 atom stereocenters. The van der Waals surface area contributed by atoms with E-state index < -0.39 is 0 Å². The molecular weight excluding hydrogens is 264 g/mol. The number of ether oxygens (including phenoxy) is 1. The Morgan fingerprint density at radius 3 is 2.57 bits per heavy atom. The lowest BCUT2D eigenvalue weighted by Gasteiger charge is -2.10. The van der Waals surface area contributed by atoms with Crippen LogP contribution in [0.3, 0.4) is 0 Å². The van der Waals surface area contributed by atoms with Gasteiger partial charge in [0.1, 0.15) is 0 Å². The fourth-order valence-corrected chi connectivity index (χ4v) is 2.15. The van der Waals surface area contributed by atoms with Gasteiger partial charge in [-0.2, -0.15) is 0 Å². The number of nitrogens with two attached hydrogens (primary N) is 1. The molecule has 0 spiro atoms. The summed E-state index contributed by atoms with van der Waals surface area (Å²) in [4.78, 5) is 8.87. The normalized spacial score (nSPS) is 10.7. The zero-order valence-corrected chi connectivity index (χ0v) is 11.7. The minimum absolute atomic E-state index is 0.380. The number of hydrogen-bond acceptors (Lipinski definition) is 5. The zero-order chi connectivity index (χ0) is 14.7. The molecule has 3 N–H and O–H groups in total. The van der Waals surface area contributed by atoms with Crippen molar-refractivity contribution in [1.29, 1.82) is 0 Å². The first-order valence-corrected chi connectivity index (χ1v) is 6.63. The molecule has 0 saturated carbocycles. The largest absolute Gasteiger partial charge is 0.381 e. The van der Waals surface area contributed by atoms with E-state index in [4.69, 9.17) is 10.5 Å². The van der Waals surface area contributed by atoms with Crippen LogP contribution in [-0.4, -0.2) is 17.1 Å². The Morgan fingerprint density at radius 2 is 1.81 bits per heavy atom. The molecule has 21 heavy (non-hydrogen) atoms. The lowest BCUT2D eigenvalue weighted by atomic mass is 10.2. The number of methoxy groups -OCH3 is 1. The molecule has 1 aromatic heterocycles. The van der Waals surface area contributed by atoms with Gasteiger partial charge in [0, 0.05) is 12.8 Å². The third kappa shape index (κ3) is 2.93. The van der Waals surface area contributed by atoms with Crippen LogP contribution in [-0.2, 0) is 11.3 Å². The minimum atomic E-state index is 0.380. The van der Waals surface area contributed by atoms with Crippen LogP contribution in [0.25, 0.3) is 11.0 Å². The molecule has 0 aliphatic rings. The van der Waals surface area contributed by atoms with E-state index in [1.54, 1.807) is 7.11 Å². The number of hydrogen-bond donors (Lipinski definition) is 2. The molecule has 106 valence electrons. The SMILES string of the molecule is COCc1cccc(Nc2nc3ccccc3nc2N)c1. The first-order chi connectivity index (χ1) is 10.3. The van der Waals surface area contributed by atoms with Crippen LogP contribution in [0.4, 0.5) is 17.3 Å². The van der Waals surface area contributed by atoms with Crippen molar-refractivity contribution in [3.63, 3.8) is 0 Å². The van der Waals surface area contributed by atoms with Gasteiger partial charge in [0.05, 0.1) is 17.6 Å². The minimum Gasteiger partial charge on any atom is -0.381 e. The van der Waals surface area contributed by atoms with Crippen LogP contribution >= 0.6 is 0 Å². The number of rotatable bonds is 4. The molecule has 0 radical (unpaired) electrons. The smallest absolute Gasteiger partial charge is 0.174 e. The first kappa shape index (κ1) is 13.3. The Balaban J connectivity index is 1.94. The van der Waals surface area contributed by atoms with Crippen molar-refractivity contribution in [3.8, 4) is 0 Å². The predicted octanol–water partition coefficient (Wildman–Crippen LogP) is 3.10. The number of para-hydroxylation sites is 2. The lowest BCUT2D eigenvalue weighted by Crippen LogP contribution is -2.02. The molecule has 0 unspecified atom stereocenters. The molecule has 1 heterocycles. The Kier molecular flexibility index (Phi) is 3.66. The van der Waals surface area contributed by atoms with Crippen LogP contribution in [0.15, 0.2) is 48.5 Å². The van der Waals surface area contributed by atoms with Gasteiger partial charge in [-0.05, 0) is 29.8 Å². The van der Waals surface area contributed by atoms with E-state index in [1.165, 1.54) is 0 Å². The number of benzene rings is 2. The summed E-state index contributed by atoms with van der Waals surface area (Å²) in [6.07, 6.45) is 0. The van der Waals surface area contributed by atoms with Gasteiger partial charge in [-0.15, -0.1) is 0 Å². The van der Waals surface area contributed by atoms with Crippen molar-refractivity contribution in [2.24, 2.45) is 0 Å². The molecule has 0 fully saturated rings. The second-order valence-electron chi connectivity index (χ2n) is 4.70. The molecule has 0 aliphatic carbocycles. The monoisotopic (exact) mass is 280 g/mol. The number of nitrogen functional groups attached to an aromatic ring is 1. The topological polar surface area (TPSA) is 73.1 Å². The van der Waals surface area contributed by atoms with Crippen molar-refractivity contribution in [1.82, 2.24) is 9.97 Å². The standard InChI is InChI=1S/C16H16N4O/c1-21-10-11-5-4-6-12(9-11)18-16-15(17)19-13-7-2-3-8-14(13)20-16/h2-9H,10H2,1H3,(H2,17,19)(H,18,20). The summed E-state index contributed by atoms with van der Waals surface area (Å²) in [5.41, 5.74) is 9.55. The molecule has 0 amide bonds. The van der Waals surface area contributed by atoms with Gasteiger partial charge in [-0.25, -0.2) is 9.97 Å². The summed E-state index contributed by atoms with van der Waals surface area (Å²) in [6, 6.07) is 15.6. The van der Waals surface area contributed by atoms with E-state index in [0.29, 0.717) is 18.2 Å². The molecule has 3 aromatic rings. The molecule has 0 bridgehead atoms. The lowest BCUT2D eigenvalue weighted by molar-refractivity contribution is 0.185. The molecule has 2 aromatic carbocycles. The second kappa shape index (κ2) is 5.76. The van der Waals surface area contributed by atoms with Gasteiger partial charge in [0.15, 0.2) is 11.6 Å². The average molecular weight is 280 g/mol. The van der Waals surface area contributed by atoms with Crippen LogP contribution in [0.2, 0.25) is 0 Å². The number of nitrogens with zero attached hydrogens (tertiary/aromatic N) is 2. The van der Waals surface area contributed by atoms with Crippen molar-refractivity contribution in [2.45, 2.75) is 6.61 Å². The fraction of sp³-hybridized carbons (Fsp3) is 0.125. The van der Waals surface area contributed by atoms with Gasteiger partial charge < -0.3 is 15.8 Å². The second-order valence-corrected chi connectivity index (χ2v) is 4.70. The van der Waals surface area contributed by atoms with E-state index in [9.17, 15) is 0 Å². The fourth-order valence-electron chi connectivity index (χ4n) is 2.15. The Labute approximate surface area is 122 Å². The van der Waals surface area contributed by atoms with Gasteiger partial charge in [0.25, 0.3) is 0 Å². The molecule has 5 heteroatoms. The van der Waals surface area contributed by atoms with Crippen LogP contribution < -0.4 is 11.1 Å². The predicted molar refractivity (Wildman–Crippen MR) is 84.4 cm³/mol. The number of anilines is 3. The molecule has 0 saturated heterocycles. The summed E-state index contributed by atoms with van der Waals surface area (Å²) in [5, 5.41) is 3.21.